The van der Waals surface area contributed by atoms with Crippen LogP contribution in [0.15, 0.2) is 65.8 Å². The van der Waals surface area contributed by atoms with Crippen molar-refractivity contribution in [1.82, 2.24) is 15.4 Å². The van der Waals surface area contributed by atoms with Crippen molar-refractivity contribution in [3.63, 3.8) is 0 Å². The van der Waals surface area contributed by atoms with Crippen molar-refractivity contribution in [3.8, 4) is 11.1 Å². The largest absolute Gasteiger partial charge is 0.467 e. The molecule has 0 saturated carbocycles. The molecule has 0 bridgehead atoms. The number of methoxy groups -OCH3 is 1. The van der Waals surface area contributed by atoms with Crippen LogP contribution in [0.4, 0.5) is 0 Å². The van der Waals surface area contributed by atoms with E-state index in [0.717, 1.165) is 63.9 Å². The van der Waals surface area contributed by atoms with Gasteiger partial charge in [0, 0.05) is 48.4 Å². The minimum Gasteiger partial charge on any atom is -0.467 e. The van der Waals surface area contributed by atoms with E-state index in [4.69, 9.17) is 15.2 Å². The van der Waals surface area contributed by atoms with Crippen molar-refractivity contribution in [2.24, 2.45) is 16.1 Å². The number of hydrogen-bond acceptors (Lipinski definition) is 7. The van der Waals surface area contributed by atoms with Gasteiger partial charge < -0.3 is 20.2 Å². The maximum Gasteiger partial charge on any atom is 0.293 e. The van der Waals surface area contributed by atoms with Crippen molar-refractivity contribution >= 4 is 35.6 Å². The van der Waals surface area contributed by atoms with Crippen molar-refractivity contribution in [2.45, 2.75) is 58.6 Å². The Bertz CT molecular complexity index is 1520. The van der Waals surface area contributed by atoms with Crippen LogP contribution in [0, 0.1) is 5.41 Å². The van der Waals surface area contributed by atoms with Crippen molar-refractivity contribution < 1.29 is 19.1 Å². The molecule has 44 heavy (non-hydrogen) atoms. The van der Waals surface area contributed by atoms with Gasteiger partial charge in [-0.05, 0) is 73.1 Å². The second-order valence-electron chi connectivity index (χ2n) is 12.1. The molecule has 234 valence electrons. The van der Waals surface area contributed by atoms with Gasteiger partial charge in [0.25, 0.3) is 12.4 Å². The Hall–Kier alpha value is -4.05. The summed E-state index contributed by atoms with van der Waals surface area (Å²) in [6, 6.07) is 13.9. The SMILES string of the molecule is C=CC=N/C(=C/c1[nH]c2ccc(-c3cccc(C[C@H](N)C(=O)N4CCCCN4)c3)cc2c1CC(C)(C)COC=O)[C@H](C)OC. The lowest BCUT2D eigenvalue weighted by Crippen LogP contribution is -2.53. The highest BCUT2D eigenvalue weighted by Crippen LogP contribution is 2.34. The van der Waals surface area contributed by atoms with Crippen molar-refractivity contribution in [3.05, 3.63) is 77.6 Å². The molecular formula is C35H45N5O4. The number of hydrazine groups is 1. The van der Waals surface area contributed by atoms with Crippen molar-refractivity contribution in [1.29, 1.82) is 0 Å². The number of H-pyrrole nitrogens is 1. The predicted molar refractivity (Wildman–Crippen MR) is 177 cm³/mol. The average molecular weight is 600 g/mol. The Morgan fingerprint density at radius 1 is 1.20 bits per heavy atom. The Kier molecular flexibility index (Phi) is 11.3. The molecule has 1 fully saturated rings. The molecule has 2 aromatic carbocycles. The van der Waals surface area contributed by atoms with Crippen LogP contribution in [0.25, 0.3) is 28.1 Å². The molecule has 0 radical (unpaired) electrons. The molecule has 1 aliphatic heterocycles. The topological polar surface area (TPSA) is 122 Å². The number of rotatable bonds is 14. The van der Waals surface area contributed by atoms with E-state index in [9.17, 15) is 9.59 Å². The maximum absolute atomic E-state index is 12.9. The number of aliphatic imine (C=N–C) groups is 1. The van der Waals surface area contributed by atoms with Crippen LogP contribution in [0.5, 0.6) is 0 Å². The molecule has 1 amide bonds. The number of carbonyl (C=O) groups is 2. The van der Waals surface area contributed by atoms with Gasteiger partial charge in [0.15, 0.2) is 0 Å². The van der Waals surface area contributed by atoms with Gasteiger partial charge in [-0.2, -0.15) is 0 Å². The van der Waals surface area contributed by atoms with Crippen LogP contribution in [0.3, 0.4) is 0 Å². The third kappa shape index (κ3) is 8.31. The lowest BCUT2D eigenvalue weighted by molar-refractivity contribution is -0.137. The van der Waals surface area contributed by atoms with Crippen molar-refractivity contribution in [2.75, 3.05) is 26.8 Å². The second kappa shape index (κ2) is 15.1. The molecule has 4 N–H and O–H groups in total. The summed E-state index contributed by atoms with van der Waals surface area (Å²) in [7, 11) is 1.65. The van der Waals surface area contributed by atoms with E-state index in [1.165, 1.54) is 0 Å². The predicted octanol–water partition coefficient (Wildman–Crippen LogP) is 5.21. The van der Waals surface area contributed by atoms with Crippen LogP contribution < -0.4 is 11.2 Å². The molecule has 0 unspecified atom stereocenters. The first-order chi connectivity index (χ1) is 21.2. The van der Waals surface area contributed by atoms with Gasteiger partial charge in [-0.1, -0.05) is 56.8 Å². The molecule has 4 rings (SSSR count). The van der Waals surface area contributed by atoms with E-state index >= 15 is 0 Å². The highest BCUT2D eigenvalue weighted by Gasteiger charge is 2.25. The molecule has 1 aliphatic rings. The normalized spacial score (nSPS) is 15.8. The Balaban J connectivity index is 1.71. The second-order valence-corrected chi connectivity index (χ2v) is 12.1. The summed E-state index contributed by atoms with van der Waals surface area (Å²) in [5.41, 5.74) is 16.0. The summed E-state index contributed by atoms with van der Waals surface area (Å²) in [6.07, 6.45) is 8.21. The maximum atomic E-state index is 12.9. The van der Waals surface area contributed by atoms with Crippen LogP contribution in [-0.4, -0.2) is 67.5 Å². The van der Waals surface area contributed by atoms with Gasteiger partial charge in [0.05, 0.1) is 24.4 Å². The van der Waals surface area contributed by atoms with Gasteiger partial charge in [-0.25, -0.2) is 5.43 Å². The lowest BCUT2D eigenvalue weighted by atomic mass is 9.85. The number of aromatic nitrogens is 1. The lowest BCUT2D eigenvalue weighted by Gasteiger charge is -2.29. The Labute approximate surface area is 260 Å². The van der Waals surface area contributed by atoms with E-state index < -0.39 is 6.04 Å². The number of nitrogens with two attached hydrogens (primary N) is 1. The highest BCUT2D eigenvalue weighted by molar-refractivity contribution is 5.91. The molecule has 0 spiro atoms. The van der Waals surface area contributed by atoms with Crippen LogP contribution in [0.2, 0.25) is 0 Å². The van der Waals surface area contributed by atoms with Crippen LogP contribution in [0.1, 0.15) is 50.4 Å². The zero-order chi connectivity index (χ0) is 31.7. The number of hydrogen-bond donors (Lipinski definition) is 3. The third-order valence-electron chi connectivity index (χ3n) is 7.94. The summed E-state index contributed by atoms with van der Waals surface area (Å²) in [6.45, 7) is 12.1. The average Bonchev–Trinajstić information content (AvgIpc) is 3.36. The summed E-state index contributed by atoms with van der Waals surface area (Å²) in [5.74, 6) is -0.0742. The quantitative estimate of drug-likeness (QED) is 0.173. The first-order valence-corrected chi connectivity index (χ1v) is 15.1. The zero-order valence-electron chi connectivity index (χ0n) is 26.3. The number of nitrogens with one attached hydrogen (secondary N) is 2. The fourth-order valence-corrected chi connectivity index (χ4v) is 5.51. The number of amides is 1. The number of allylic oxidation sites excluding steroid dienone is 1. The minimum atomic E-state index is -0.618. The summed E-state index contributed by atoms with van der Waals surface area (Å²) >= 11 is 0. The molecule has 1 saturated heterocycles. The highest BCUT2D eigenvalue weighted by atomic mass is 16.5. The number of fused-ring (bicyclic) bond motifs is 1. The molecule has 2 heterocycles. The van der Waals surface area contributed by atoms with E-state index in [1.807, 2.05) is 25.1 Å². The third-order valence-corrected chi connectivity index (χ3v) is 7.94. The Morgan fingerprint density at radius 3 is 2.70 bits per heavy atom. The smallest absolute Gasteiger partial charge is 0.293 e. The monoisotopic (exact) mass is 599 g/mol. The fourth-order valence-electron chi connectivity index (χ4n) is 5.51. The van der Waals surface area contributed by atoms with E-state index in [2.05, 4.69) is 66.2 Å². The standard InChI is InChI=1S/C35H45N5O4/c1-6-14-37-32(24(2)43-5)20-33-29(21-35(3,4)22-44-23-41)28-19-27(12-13-31(28)39-33)26-11-9-10-25(17-26)18-30(36)34(42)40-16-8-7-15-38-40/h6,9-14,17,19-20,23-24,30,38-39H,1,7-8,15-16,18,21-22,36H2,2-5H3/b32-20+,37-14?/t24-,30-/m0/s1. The van der Waals surface area contributed by atoms with Crippen LogP contribution >= 0.6 is 0 Å². The number of benzene rings is 2. The van der Waals surface area contributed by atoms with Gasteiger partial charge >= 0.3 is 0 Å². The van der Waals surface area contributed by atoms with Gasteiger partial charge in [-0.15, -0.1) is 0 Å². The van der Waals surface area contributed by atoms with Crippen LogP contribution in [-0.2, 0) is 31.9 Å². The molecule has 0 aliphatic carbocycles. The van der Waals surface area contributed by atoms with E-state index in [1.54, 1.807) is 24.4 Å². The summed E-state index contributed by atoms with van der Waals surface area (Å²) in [5, 5.41) is 2.73. The number of ether oxygens (including phenoxy) is 2. The molecule has 9 nitrogen and oxygen atoms in total. The number of nitrogens with zero attached hydrogens (tertiary/aromatic N) is 2. The summed E-state index contributed by atoms with van der Waals surface area (Å²) in [4.78, 5) is 32.0. The van der Waals surface area contributed by atoms with E-state index in [-0.39, 0.29) is 24.0 Å². The van der Waals surface area contributed by atoms with Gasteiger partial charge in [0.2, 0.25) is 0 Å². The first kappa shape index (κ1) is 32.9. The zero-order valence-corrected chi connectivity index (χ0v) is 26.3. The van der Waals surface area contributed by atoms with Gasteiger partial charge in [-0.3, -0.25) is 19.6 Å². The number of aromatic amines is 1. The molecule has 3 aromatic rings. The fraction of sp³-hybridized carbons (Fsp3) is 0.400. The minimum absolute atomic E-state index is 0.0742. The van der Waals surface area contributed by atoms with E-state index in [0.29, 0.717) is 25.9 Å². The molecule has 2 atom stereocenters. The number of carbonyl (C=O) groups excluding carboxylic acids is 2. The molecular weight excluding hydrogens is 554 g/mol. The first-order valence-electron chi connectivity index (χ1n) is 15.1. The molecule has 1 aromatic heterocycles. The summed E-state index contributed by atoms with van der Waals surface area (Å²) < 4.78 is 10.8. The molecule has 9 heteroatoms. The Morgan fingerprint density at radius 2 is 2.00 bits per heavy atom. The van der Waals surface area contributed by atoms with Gasteiger partial charge in [0.1, 0.15) is 0 Å².